The van der Waals surface area contributed by atoms with Crippen LogP contribution < -0.4 is 5.73 Å². The van der Waals surface area contributed by atoms with E-state index in [2.05, 4.69) is 0 Å². The van der Waals surface area contributed by atoms with Gasteiger partial charge in [-0.2, -0.15) is 0 Å². The van der Waals surface area contributed by atoms with E-state index in [9.17, 15) is 4.79 Å². The minimum absolute atomic E-state index is 0.0465. The van der Waals surface area contributed by atoms with E-state index in [0.29, 0.717) is 29.4 Å². The molecule has 1 aromatic rings. The van der Waals surface area contributed by atoms with Gasteiger partial charge in [0.05, 0.1) is 17.3 Å². The van der Waals surface area contributed by atoms with Gasteiger partial charge in [-0.25, -0.2) is 0 Å². The van der Waals surface area contributed by atoms with Crippen molar-refractivity contribution in [2.24, 2.45) is 0 Å². The second-order valence-corrected chi connectivity index (χ2v) is 4.89. The molecule has 0 aliphatic carbocycles. The van der Waals surface area contributed by atoms with Gasteiger partial charge < -0.3 is 15.4 Å². The molecule has 19 heavy (non-hydrogen) atoms. The third-order valence-electron chi connectivity index (χ3n) is 3.16. The molecule has 0 fully saturated rings. The highest BCUT2D eigenvalue weighted by atomic mass is 35.5. The fourth-order valence-corrected chi connectivity index (χ4v) is 1.89. The third-order valence-corrected chi connectivity index (χ3v) is 3.51. The summed E-state index contributed by atoms with van der Waals surface area (Å²) in [6, 6.07) is 5.12. The number of hydrogen-bond donors (Lipinski definition) is 1. The fraction of sp³-hybridized carbons (Fsp3) is 0.500. The number of carbonyl (C=O) groups is 1. The Morgan fingerprint density at radius 2 is 2.21 bits per heavy atom. The molecule has 0 saturated heterocycles. The summed E-state index contributed by atoms with van der Waals surface area (Å²) in [7, 11) is 1.62. The summed E-state index contributed by atoms with van der Waals surface area (Å²) in [5.41, 5.74) is 6.71. The summed E-state index contributed by atoms with van der Waals surface area (Å²) in [4.78, 5) is 14.3. The SMILES string of the molecule is CCC(C)N(CCOC)C(=O)c1ccc(Cl)c(N)c1. The highest BCUT2D eigenvalue weighted by Crippen LogP contribution is 2.21. The maximum atomic E-state index is 12.5. The van der Waals surface area contributed by atoms with Crippen molar-refractivity contribution < 1.29 is 9.53 Å². The minimum atomic E-state index is -0.0465. The Kier molecular flexibility index (Phi) is 6.12. The quantitative estimate of drug-likeness (QED) is 0.817. The van der Waals surface area contributed by atoms with Crippen LogP contribution >= 0.6 is 11.6 Å². The summed E-state index contributed by atoms with van der Waals surface area (Å²) in [6.07, 6.45) is 0.887. The monoisotopic (exact) mass is 284 g/mol. The maximum absolute atomic E-state index is 12.5. The summed E-state index contributed by atoms with van der Waals surface area (Å²) in [6.45, 7) is 5.15. The number of nitrogens with zero attached hydrogens (tertiary/aromatic N) is 1. The molecule has 1 rings (SSSR count). The second-order valence-electron chi connectivity index (χ2n) is 4.48. The predicted octanol–water partition coefficient (Wildman–Crippen LogP) is 2.81. The van der Waals surface area contributed by atoms with Gasteiger partial charge in [-0.3, -0.25) is 4.79 Å². The predicted molar refractivity (Wildman–Crippen MR) is 78.5 cm³/mol. The van der Waals surface area contributed by atoms with E-state index in [4.69, 9.17) is 22.1 Å². The first-order chi connectivity index (χ1) is 9.01. The van der Waals surface area contributed by atoms with Gasteiger partial charge in [0.25, 0.3) is 5.91 Å². The molecule has 0 bridgehead atoms. The number of halogens is 1. The van der Waals surface area contributed by atoms with Crippen LogP contribution in [-0.2, 0) is 4.74 Å². The Labute approximate surface area is 119 Å². The number of benzene rings is 1. The van der Waals surface area contributed by atoms with Crippen LogP contribution in [-0.4, -0.2) is 37.1 Å². The Morgan fingerprint density at radius 3 is 2.74 bits per heavy atom. The Balaban J connectivity index is 2.94. The van der Waals surface area contributed by atoms with Gasteiger partial charge in [0.2, 0.25) is 0 Å². The van der Waals surface area contributed by atoms with E-state index in [1.807, 2.05) is 13.8 Å². The van der Waals surface area contributed by atoms with Crippen molar-refractivity contribution in [2.45, 2.75) is 26.3 Å². The number of carbonyl (C=O) groups excluding carboxylic acids is 1. The van der Waals surface area contributed by atoms with Crippen molar-refractivity contribution in [1.29, 1.82) is 0 Å². The molecule has 0 saturated carbocycles. The van der Waals surface area contributed by atoms with Crippen molar-refractivity contribution in [1.82, 2.24) is 4.90 Å². The zero-order chi connectivity index (χ0) is 14.4. The molecule has 0 radical (unpaired) electrons. The van der Waals surface area contributed by atoms with Gasteiger partial charge in [-0.15, -0.1) is 0 Å². The molecule has 1 amide bonds. The number of hydrogen-bond acceptors (Lipinski definition) is 3. The average molecular weight is 285 g/mol. The fourth-order valence-electron chi connectivity index (χ4n) is 1.77. The minimum Gasteiger partial charge on any atom is -0.398 e. The molecule has 1 atom stereocenters. The zero-order valence-corrected chi connectivity index (χ0v) is 12.4. The van der Waals surface area contributed by atoms with E-state index in [1.54, 1.807) is 30.2 Å². The summed E-state index contributed by atoms with van der Waals surface area (Å²) in [5.74, 6) is -0.0465. The lowest BCUT2D eigenvalue weighted by Crippen LogP contribution is -2.40. The molecular formula is C14H21ClN2O2. The Morgan fingerprint density at radius 1 is 1.53 bits per heavy atom. The molecule has 0 aromatic heterocycles. The molecule has 1 unspecified atom stereocenters. The molecular weight excluding hydrogens is 264 g/mol. The molecule has 1 aromatic carbocycles. The van der Waals surface area contributed by atoms with Gasteiger partial charge in [0, 0.05) is 25.3 Å². The Hall–Kier alpha value is -1.26. The van der Waals surface area contributed by atoms with Crippen molar-refractivity contribution in [3.05, 3.63) is 28.8 Å². The normalized spacial score (nSPS) is 12.2. The molecule has 0 aliphatic heterocycles. The zero-order valence-electron chi connectivity index (χ0n) is 11.6. The highest BCUT2D eigenvalue weighted by Gasteiger charge is 2.20. The molecule has 2 N–H and O–H groups in total. The maximum Gasteiger partial charge on any atom is 0.254 e. The van der Waals surface area contributed by atoms with Gasteiger partial charge in [0.1, 0.15) is 0 Å². The number of methoxy groups -OCH3 is 1. The van der Waals surface area contributed by atoms with Crippen LogP contribution in [0.1, 0.15) is 30.6 Å². The van der Waals surface area contributed by atoms with E-state index >= 15 is 0 Å². The van der Waals surface area contributed by atoms with Gasteiger partial charge in [-0.05, 0) is 31.5 Å². The van der Waals surface area contributed by atoms with Crippen LogP contribution in [0.4, 0.5) is 5.69 Å². The number of nitrogens with two attached hydrogens (primary N) is 1. The van der Waals surface area contributed by atoms with Crippen LogP contribution in [0.25, 0.3) is 0 Å². The number of anilines is 1. The van der Waals surface area contributed by atoms with Crippen LogP contribution in [0.5, 0.6) is 0 Å². The van der Waals surface area contributed by atoms with E-state index in [1.165, 1.54) is 0 Å². The first-order valence-electron chi connectivity index (χ1n) is 6.36. The molecule has 0 aliphatic rings. The van der Waals surface area contributed by atoms with E-state index in [0.717, 1.165) is 6.42 Å². The molecule has 4 nitrogen and oxygen atoms in total. The number of ether oxygens (including phenoxy) is 1. The topological polar surface area (TPSA) is 55.6 Å². The average Bonchev–Trinajstić information content (AvgIpc) is 2.41. The Bertz CT molecular complexity index is 437. The largest absolute Gasteiger partial charge is 0.398 e. The van der Waals surface area contributed by atoms with Crippen LogP contribution in [0.15, 0.2) is 18.2 Å². The lowest BCUT2D eigenvalue weighted by molar-refractivity contribution is 0.0614. The van der Waals surface area contributed by atoms with Crippen molar-refractivity contribution in [2.75, 3.05) is 26.0 Å². The van der Waals surface area contributed by atoms with Crippen molar-refractivity contribution >= 4 is 23.2 Å². The highest BCUT2D eigenvalue weighted by molar-refractivity contribution is 6.33. The van der Waals surface area contributed by atoms with Crippen LogP contribution in [0, 0.1) is 0 Å². The van der Waals surface area contributed by atoms with E-state index in [-0.39, 0.29) is 11.9 Å². The van der Waals surface area contributed by atoms with E-state index < -0.39 is 0 Å². The third kappa shape index (κ3) is 4.11. The smallest absolute Gasteiger partial charge is 0.254 e. The standard InChI is InChI=1S/C14H21ClN2O2/c1-4-10(2)17(7-8-19-3)14(18)11-5-6-12(15)13(16)9-11/h5-6,9-10H,4,7-8,16H2,1-3H3. The van der Waals surface area contributed by atoms with Crippen LogP contribution in [0.3, 0.4) is 0 Å². The van der Waals surface area contributed by atoms with Gasteiger partial charge >= 0.3 is 0 Å². The first-order valence-corrected chi connectivity index (χ1v) is 6.74. The van der Waals surface area contributed by atoms with Crippen LogP contribution in [0.2, 0.25) is 5.02 Å². The van der Waals surface area contributed by atoms with Crippen molar-refractivity contribution in [3.8, 4) is 0 Å². The lowest BCUT2D eigenvalue weighted by atomic mass is 10.1. The molecule has 5 heteroatoms. The van der Waals surface area contributed by atoms with Crippen molar-refractivity contribution in [3.63, 3.8) is 0 Å². The van der Waals surface area contributed by atoms with Gasteiger partial charge in [-0.1, -0.05) is 18.5 Å². The number of rotatable bonds is 6. The number of nitrogen functional groups attached to an aromatic ring is 1. The van der Waals surface area contributed by atoms with Gasteiger partial charge in [0.15, 0.2) is 0 Å². The summed E-state index contributed by atoms with van der Waals surface area (Å²) < 4.78 is 5.06. The lowest BCUT2D eigenvalue weighted by Gasteiger charge is -2.28. The summed E-state index contributed by atoms with van der Waals surface area (Å²) >= 11 is 5.87. The number of amides is 1. The second kappa shape index (κ2) is 7.36. The molecule has 0 spiro atoms. The molecule has 0 heterocycles. The first kappa shape index (κ1) is 15.8. The summed E-state index contributed by atoms with van der Waals surface area (Å²) in [5, 5.41) is 0.462. The molecule has 106 valence electrons.